The van der Waals surface area contributed by atoms with Gasteiger partial charge in [0.05, 0.1) is 12.1 Å². The van der Waals surface area contributed by atoms with Gasteiger partial charge in [-0.2, -0.15) is 0 Å². The van der Waals surface area contributed by atoms with E-state index in [1.54, 1.807) is 42.6 Å². The lowest BCUT2D eigenvalue weighted by atomic mass is 10.0. The van der Waals surface area contributed by atoms with Crippen molar-refractivity contribution in [3.63, 3.8) is 0 Å². The minimum Gasteiger partial charge on any atom is -0.492 e. The zero-order valence-electron chi connectivity index (χ0n) is 24.8. The summed E-state index contributed by atoms with van der Waals surface area (Å²) in [6.07, 6.45) is 4.66. The molecule has 4 atom stereocenters. The Hall–Kier alpha value is -4.48. The van der Waals surface area contributed by atoms with Crippen LogP contribution in [0.25, 0.3) is 0 Å². The van der Waals surface area contributed by atoms with E-state index in [0.717, 1.165) is 5.56 Å². The summed E-state index contributed by atoms with van der Waals surface area (Å²) in [5.41, 5.74) is 1.04. The second-order valence-corrected chi connectivity index (χ2v) is 11.4. The highest BCUT2D eigenvalue weighted by Gasteiger charge is 2.38. The molecular weight excluding hydrogens is 552 g/mol. The van der Waals surface area contributed by atoms with Crippen LogP contribution in [0.5, 0.6) is 5.75 Å². The summed E-state index contributed by atoms with van der Waals surface area (Å²) < 4.78 is 5.78. The summed E-state index contributed by atoms with van der Waals surface area (Å²) in [6, 6.07) is 6.77. The van der Waals surface area contributed by atoms with E-state index in [9.17, 15) is 24.0 Å². The Morgan fingerprint density at radius 1 is 1.07 bits per heavy atom. The molecule has 12 nitrogen and oxygen atoms in total. The van der Waals surface area contributed by atoms with E-state index >= 15 is 0 Å². The van der Waals surface area contributed by atoms with Crippen molar-refractivity contribution < 1.29 is 28.7 Å². The van der Waals surface area contributed by atoms with Gasteiger partial charge < -0.3 is 30.9 Å². The van der Waals surface area contributed by atoms with Gasteiger partial charge in [-0.15, -0.1) is 0 Å². The number of amides is 5. The van der Waals surface area contributed by atoms with E-state index < -0.39 is 41.9 Å². The van der Waals surface area contributed by atoms with Gasteiger partial charge in [-0.05, 0) is 61.9 Å². The molecule has 1 aromatic heterocycles. The first kappa shape index (κ1) is 31.5. The number of hydrogen-bond donors (Lipinski definition) is 4. The average Bonchev–Trinajstić information content (AvgIpc) is 3.49. The fourth-order valence-electron chi connectivity index (χ4n) is 5.24. The van der Waals surface area contributed by atoms with E-state index in [4.69, 9.17) is 4.74 Å². The van der Waals surface area contributed by atoms with Crippen LogP contribution in [0, 0.1) is 5.92 Å². The maximum atomic E-state index is 13.6. The van der Waals surface area contributed by atoms with E-state index in [0.29, 0.717) is 37.1 Å². The Kier molecular flexibility index (Phi) is 10.7. The highest BCUT2D eigenvalue weighted by atomic mass is 16.5. The van der Waals surface area contributed by atoms with Crippen molar-refractivity contribution in [1.29, 1.82) is 0 Å². The molecule has 0 spiro atoms. The number of carbonyl (C=O) groups is 5. The molecule has 3 aliphatic heterocycles. The fourth-order valence-corrected chi connectivity index (χ4v) is 5.24. The molecule has 1 aromatic carbocycles. The Labute approximate surface area is 251 Å². The first-order chi connectivity index (χ1) is 20.6. The van der Waals surface area contributed by atoms with Gasteiger partial charge in [0.1, 0.15) is 36.5 Å². The number of carbonyl (C=O) groups excluding carboxylic acids is 5. The fraction of sp³-hybridized carbons (Fsp3) is 0.484. The number of ether oxygens (including phenoxy) is 1. The van der Waals surface area contributed by atoms with Crippen LogP contribution in [0.3, 0.4) is 0 Å². The van der Waals surface area contributed by atoms with Crippen LogP contribution >= 0.6 is 0 Å². The summed E-state index contributed by atoms with van der Waals surface area (Å²) in [5.74, 6) is -1.51. The van der Waals surface area contributed by atoms with Gasteiger partial charge in [0.15, 0.2) is 0 Å². The van der Waals surface area contributed by atoms with Crippen molar-refractivity contribution >= 4 is 29.5 Å². The molecule has 12 heteroatoms. The summed E-state index contributed by atoms with van der Waals surface area (Å²) in [4.78, 5) is 71.8. The Balaban J connectivity index is 1.59. The number of pyridine rings is 1. The normalized spacial score (nSPS) is 24.0. The second kappa shape index (κ2) is 14.6. The topological polar surface area (TPSA) is 159 Å². The van der Waals surface area contributed by atoms with E-state index in [-0.39, 0.29) is 37.3 Å². The van der Waals surface area contributed by atoms with Gasteiger partial charge in [-0.1, -0.05) is 26.0 Å². The number of fused-ring (bicyclic) bond motifs is 14. The maximum absolute atomic E-state index is 13.6. The highest BCUT2D eigenvalue weighted by Crippen LogP contribution is 2.21. The third kappa shape index (κ3) is 8.52. The Morgan fingerprint density at radius 3 is 2.53 bits per heavy atom. The molecule has 230 valence electrons. The SMILES string of the molecule is CC(C)C[C@@H]1NC(=O)[C@@H](C)NC(=O)[C@@H](NC(=O)c2cccnc2)Cc2ccc(cc2)OCCNC(=O)[C@H]2CCCN2C1=O. The minimum atomic E-state index is -1.01. The third-order valence-electron chi connectivity index (χ3n) is 7.49. The first-order valence-corrected chi connectivity index (χ1v) is 14.7. The van der Waals surface area contributed by atoms with Crippen LogP contribution in [0.1, 0.15) is 56.0 Å². The van der Waals surface area contributed by atoms with Gasteiger partial charge in [-0.3, -0.25) is 29.0 Å². The van der Waals surface area contributed by atoms with Crippen molar-refractivity contribution in [3.8, 4) is 5.75 Å². The summed E-state index contributed by atoms with van der Waals surface area (Å²) in [6.45, 7) is 6.30. The van der Waals surface area contributed by atoms with Crippen LogP contribution in [-0.2, 0) is 25.6 Å². The number of rotatable bonds is 4. The molecule has 2 bridgehead atoms. The number of aromatic nitrogens is 1. The van der Waals surface area contributed by atoms with E-state index in [2.05, 4.69) is 26.3 Å². The lowest BCUT2D eigenvalue weighted by Crippen LogP contribution is -2.58. The predicted octanol–water partition coefficient (Wildman–Crippen LogP) is 0.958. The zero-order chi connectivity index (χ0) is 30.9. The Bertz CT molecular complexity index is 1300. The van der Waals surface area contributed by atoms with Crippen molar-refractivity contribution in [2.45, 2.75) is 70.6 Å². The molecule has 4 heterocycles. The summed E-state index contributed by atoms with van der Waals surface area (Å²) in [5, 5.41) is 11.1. The van der Waals surface area contributed by atoms with Gasteiger partial charge in [0.2, 0.25) is 23.6 Å². The smallest absolute Gasteiger partial charge is 0.253 e. The molecule has 4 N–H and O–H groups in total. The van der Waals surface area contributed by atoms with Crippen LogP contribution in [0.4, 0.5) is 0 Å². The van der Waals surface area contributed by atoms with Crippen LogP contribution in [0.15, 0.2) is 48.8 Å². The van der Waals surface area contributed by atoms with Crippen molar-refractivity contribution in [1.82, 2.24) is 31.2 Å². The van der Waals surface area contributed by atoms with Gasteiger partial charge in [0, 0.05) is 25.4 Å². The molecule has 0 unspecified atom stereocenters. The molecule has 0 saturated carbocycles. The molecule has 43 heavy (non-hydrogen) atoms. The van der Waals surface area contributed by atoms with E-state index in [1.165, 1.54) is 18.0 Å². The molecule has 1 saturated heterocycles. The van der Waals surface area contributed by atoms with Gasteiger partial charge in [0.25, 0.3) is 5.91 Å². The van der Waals surface area contributed by atoms with Gasteiger partial charge in [-0.25, -0.2) is 0 Å². The van der Waals surface area contributed by atoms with Crippen molar-refractivity contribution in [3.05, 3.63) is 59.9 Å². The zero-order valence-corrected chi connectivity index (χ0v) is 24.8. The minimum absolute atomic E-state index is 0.0786. The molecule has 2 aromatic rings. The largest absolute Gasteiger partial charge is 0.492 e. The molecule has 5 amide bonds. The molecule has 5 rings (SSSR count). The average molecular weight is 593 g/mol. The number of nitrogens with one attached hydrogen (secondary N) is 4. The molecule has 0 radical (unpaired) electrons. The monoisotopic (exact) mass is 592 g/mol. The van der Waals surface area contributed by atoms with Crippen molar-refractivity contribution in [2.24, 2.45) is 5.92 Å². The van der Waals surface area contributed by atoms with Crippen LogP contribution in [-0.4, -0.2) is 83.3 Å². The number of nitrogens with zero attached hydrogens (tertiary/aromatic N) is 2. The maximum Gasteiger partial charge on any atom is 0.253 e. The summed E-state index contributed by atoms with van der Waals surface area (Å²) in [7, 11) is 0. The highest BCUT2D eigenvalue weighted by molar-refractivity contribution is 5.99. The quantitative estimate of drug-likeness (QED) is 0.412. The molecular formula is C31H40N6O6. The first-order valence-electron chi connectivity index (χ1n) is 14.7. The van der Waals surface area contributed by atoms with Gasteiger partial charge >= 0.3 is 0 Å². The molecule has 3 aliphatic rings. The molecule has 1 fully saturated rings. The van der Waals surface area contributed by atoms with Crippen LogP contribution in [0.2, 0.25) is 0 Å². The van der Waals surface area contributed by atoms with E-state index in [1.807, 2.05) is 13.8 Å². The predicted molar refractivity (Wildman–Crippen MR) is 158 cm³/mol. The standard InChI is InChI=1S/C31H40N6O6/c1-19(2)16-25-31(42)37-14-5-7-26(37)30(41)33-13-15-43-23-10-8-21(9-11-23)17-24(29(40)34-20(3)27(38)36-25)35-28(39)22-6-4-12-32-18-22/h4,6,8-12,18-20,24-26H,5,7,13-17H2,1-3H3,(H,33,41)(H,34,40)(H,35,39)(H,36,38)/t20-,24+,25+,26-/m1/s1. The number of hydrogen-bond acceptors (Lipinski definition) is 7. The lowest BCUT2D eigenvalue weighted by Gasteiger charge is -2.30. The third-order valence-corrected chi connectivity index (χ3v) is 7.49. The second-order valence-electron chi connectivity index (χ2n) is 11.4. The van der Waals surface area contributed by atoms with Crippen LogP contribution < -0.4 is 26.0 Å². The number of benzene rings is 1. The van der Waals surface area contributed by atoms with Crippen molar-refractivity contribution in [2.75, 3.05) is 19.7 Å². The lowest BCUT2D eigenvalue weighted by molar-refractivity contribution is -0.142. The molecule has 0 aliphatic carbocycles. The summed E-state index contributed by atoms with van der Waals surface area (Å²) >= 11 is 0. The Morgan fingerprint density at radius 2 is 1.84 bits per heavy atom.